The molecule has 7 heteroatoms. The van der Waals surface area contributed by atoms with Crippen molar-refractivity contribution in [1.82, 2.24) is 20.0 Å². The van der Waals surface area contributed by atoms with E-state index < -0.39 is 0 Å². The normalized spacial score (nSPS) is 17.2. The largest absolute Gasteiger partial charge is 0.337 e. The summed E-state index contributed by atoms with van der Waals surface area (Å²) in [4.78, 5) is 14.8. The lowest BCUT2D eigenvalue weighted by atomic mass is 10.0. The number of piperidine rings is 1. The molecule has 2 aromatic rings. The van der Waals surface area contributed by atoms with E-state index in [1.165, 1.54) is 12.1 Å². The third-order valence-electron chi connectivity index (χ3n) is 4.62. The van der Waals surface area contributed by atoms with Crippen molar-refractivity contribution >= 4 is 18.3 Å². The first-order valence-corrected chi connectivity index (χ1v) is 8.43. The van der Waals surface area contributed by atoms with Gasteiger partial charge in [-0.3, -0.25) is 4.79 Å². The average molecular weight is 367 g/mol. The fraction of sp³-hybridized carbons (Fsp3) is 0.444. The summed E-state index contributed by atoms with van der Waals surface area (Å²) in [6.07, 6.45) is 4.41. The Bertz CT molecular complexity index is 716. The van der Waals surface area contributed by atoms with Crippen molar-refractivity contribution in [3.8, 4) is 5.69 Å². The Morgan fingerprint density at radius 1 is 1.36 bits per heavy atom. The van der Waals surface area contributed by atoms with Gasteiger partial charge in [0.25, 0.3) is 5.91 Å². The van der Waals surface area contributed by atoms with E-state index in [2.05, 4.69) is 10.4 Å². The van der Waals surface area contributed by atoms with Gasteiger partial charge < -0.3 is 10.2 Å². The number of halogens is 2. The van der Waals surface area contributed by atoms with Crippen LogP contribution in [-0.4, -0.2) is 46.8 Å². The van der Waals surface area contributed by atoms with Crippen molar-refractivity contribution in [2.24, 2.45) is 0 Å². The topological polar surface area (TPSA) is 50.2 Å². The summed E-state index contributed by atoms with van der Waals surface area (Å²) in [6, 6.07) is 6.50. The first-order chi connectivity index (χ1) is 11.6. The van der Waals surface area contributed by atoms with Crippen molar-refractivity contribution in [3.63, 3.8) is 0 Å². The molecule has 5 nitrogen and oxygen atoms in total. The van der Waals surface area contributed by atoms with Crippen LogP contribution in [0.4, 0.5) is 4.39 Å². The van der Waals surface area contributed by atoms with Gasteiger partial charge in [0.1, 0.15) is 5.82 Å². The summed E-state index contributed by atoms with van der Waals surface area (Å²) in [5.41, 5.74) is 2.26. The summed E-state index contributed by atoms with van der Waals surface area (Å²) in [7, 11) is 1.93. The number of nitrogens with zero attached hydrogens (tertiary/aromatic N) is 3. The molecule has 1 aliphatic rings. The molecule has 1 aromatic heterocycles. The third kappa shape index (κ3) is 4.02. The third-order valence-corrected chi connectivity index (χ3v) is 4.62. The van der Waals surface area contributed by atoms with Crippen LogP contribution in [0.15, 0.2) is 30.5 Å². The zero-order chi connectivity index (χ0) is 17.1. The van der Waals surface area contributed by atoms with E-state index >= 15 is 0 Å². The number of rotatable bonds is 4. The first-order valence-electron chi connectivity index (χ1n) is 8.43. The minimum atomic E-state index is -0.285. The fourth-order valence-corrected chi connectivity index (χ4v) is 3.27. The van der Waals surface area contributed by atoms with Gasteiger partial charge in [-0.15, -0.1) is 12.4 Å². The number of hydrogen-bond donors (Lipinski definition) is 1. The van der Waals surface area contributed by atoms with Gasteiger partial charge in [0.15, 0.2) is 0 Å². The Morgan fingerprint density at radius 3 is 2.72 bits per heavy atom. The zero-order valence-electron chi connectivity index (χ0n) is 14.5. The van der Waals surface area contributed by atoms with Crippen molar-refractivity contribution in [1.29, 1.82) is 0 Å². The summed E-state index contributed by atoms with van der Waals surface area (Å²) < 4.78 is 14.9. The molecule has 25 heavy (non-hydrogen) atoms. The van der Waals surface area contributed by atoms with E-state index in [1.807, 2.05) is 18.9 Å². The van der Waals surface area contributed by atoms with E-state index in [4.69, 9.17) is 0 Å². The van der Waals surface area contributed by atoms with Crippen LogP contribution in [0.1, 0.15) is 35.8 Å². The van der Waals surface area contributed by atoms with Crippen LogP contribution < -0.4 is 5.32 Å². The number of likely N-dealkylation sites (tertiary alicyclic amines) is 1. The van der Waals surface area contributed by atoms with Crippen LogP contribution >= 0.6 is 12.4 Å². The van der Waals surface area contributed by atoms with Gasteiger partial charge in [-0.05, 0) is 50.6 Å². The van der Waals surface area contributed by atoms with Crippen LogP contribution in [0.5, 0.6) is 0 Å². The van der Waals surface area contributed by atoms with Gasteiger partial charge in [-0.1, -0.05) is 6.92 Å². The summed E-state index contributed by atoms with van der Waals surface area (Å²) in [5, 5.41) is 7.63. The second kappa shape index (κ2) is 8.45. The van der Waals surface area contributed by atoms with Gasteiger partial charge in [0.2, 0.25) is 0 Å². The van der Waals surface area contributed by atoms with Crippen molar-refractivity contribution < 1.29 is 9.18 Å². The molecule has 1 amide bonds. The number of nitrogens with one attached hydrogen (secondary N) is 1. The SMILES string of the molecule is CCc1c(C(=O)N2CCCC(NC)C2)cnn1-c1ccc(F)cc1.Cl. The Kier molecular flexibility index (Phi) is 6.56. The van der Waals surface area contributed by atoms with Crippen molar-refractivity contribution in [3.05, 3.63) is 47.5 Å². The van der Waals surface area contributed by atoms with Gasteiger partial charge in [0, 0.05) is 19.1 Å². The molecule has 0 aliphatic carbocycles. The lowest BCUT2D eigenvalue weighted by Gasteiger charge is -2.32. The number of likely N-dealkylation sites (N-methyl/N-ethyl adjacent to an activating group) is 1. The summed E-state index contributed by atoms with van der Waals surface area (Å²) >= 11 is 0. The molecule has 2 heterocycles. The van der Waals surface area contributed by atoms with Gasteiger partial charge in [0.05, 0.1) is 23.1 Å². The lowest BCUT2D eigenvalue weighted by molar-refractivity contribution is 0.0697. The molecular formula is C18H24ClFN4O. The Balaban J connectivity index is 0.00000225. The van der Waals surface area contributed by atoms with E-state index in [0.717, 1.165) is 37.3 Å². The standard InChI is InChI=1S/C18H23FN4O.ClH/c1-3-17-16(18(24)22-10-4-5-14(12-22)20-2)11-21-23(17)15-8-6-13(19)7-9-15;/h6-9,11,14,20H,3-5,10,12H2,1-2H3;1H. The predicted molar refractivity (Wildman–Crippen MR) is 98.1 cm³/mol. The maximum Gasteiger partial charge on any atom is 0.257 e. The molecule has 1 saturated heterocycles. The molecule has 3 rings (SSSR count). The van der Waals surface area contributed by atoms with Crippen LogP contribution in [0.2, 0.25) is 0 Å². The number of hydrogen-bond acceptors (Lipinski definition) is 3. The molecule has 0 saturated carbocycles. The van der Waals surface area contributed by atoms with Crippen LogP contribution in [-0.2, 0) is 6.42 Å². The minimum absolute atomic E-state index is 0. The molecule has 0 bridgehead atoms. The smallest absolute Gasteiger partial charge is 0.257 e. The maximum absolute atomic E-state index is 13.1. The number of carbonyl (C=O) groups excluding carboxylic acids is 1. The van der Waals surface area contributed by atoms with Crippen molar-refractivity contribution in [2.75, 3.05) is 20.1 Å². The molecule has 1 atom stereocenters. The second-order valence-corrected chi connectivity index (χ2v) is 6.13. The number of aromatic nitrogens is 2. The van der Waals surface area contributed by atoms with E-state index in [9.17, 15) is 9.18 Å². The predicted octanol–water partition coefficient (Wildman–Crippen LogP) is 2.82. The number of carbonyl (C=O) groups is 1. The highest BCUT2D eigenvalue weighted by atomic mass is 35.5. The summed E-state index contributed by atoms with van der Waals surface area (Å²) in [5.74, 6) is -0.258. The second-order valence-electron chi connectivity index (χ2n) is 6.13. The van der Waals surface area contributed by atoms with Crippen LogP contribution in [0.25, 0.3) is 5.69 Å². The average Bonchev–Trinajstić information content (AvgIpc) is 3.05. The Labute approximate surface area is 153 Å². The molecule has 0 radical (unpaired) electrons. The molecular weight excluding hydrogens is 343 g/mol. The van der Waals surface area contributed by atoms with Crippen LogP contribution in [0.3, 0.4) is 0 Å². The first kappa shape index (κ1) is 19.4. The van der Waals surface area contributed by atoms with E-state index in [0.29, 0.717) is 18.0 Å². The highest BCUT2D eigenvalue weighted by Gasteiger charge is 2.26. The van der Waals surface area contributed by atoms with Gasteiger partial charge in [-0.25, -0.2) is 9.07 Å². The van der Waals surface area contributed by atoms with E-state index in [-0.39, 0.29) is 24.1 Å². The molecule has 136 valence electrons. The highest BCUT2D eigenvalue weighted by Crippen LogP contribution is 2.20. The molecule has 1 fully saturated rings. The molecule has 1 unspecified atom stereocenters. The molecule has 1 N–H and O–H groups in total. The van der Waals surface area contributed by atoms with Crippen molar-refractivity contribution in [2.45, 2.75) is 32.2 Å². The molecule has 0 spiro atoms. The zero-order valence-corrected chi connectivity index (χ0v) is 15.4. The highest BCUT2D eigenvalue weighted by molar-refractivity contribution is 5.95. The summed E-state index contributed by atoms with van der Waals surface area (Å²) in [6.45, 7) is 3.50. The lowest BCUT2D eigenvalue weighted by Crippen LogP contribution is -2.47. The maximum atomic E-state index is 13.1. The minimum Gasteiger partial charge on any atom is -0.337 e. The van der Waals surface area contributed by atoms with Crippen LogP contribution in [0, 0.1) is 5.82 Å². The Morgan fingerprint density at radius 2 is 2.08 bits per heavy atom. The fourth-order valence-electron chi connectivity index (χ4n) is 3.27. The van der Waals surface area contributed by atoms with E-state index in [1.54, 1.807) is 23.0 Å². The number of benzene rings is 1. The van der Waals surface area contributed by atoms with Gasteiger partial charge in [-0.2, -0.15) is 5.10 Å². The van der Waals surface area contributed by atoms with Gasteiger partial charge >= 0.3 is 0 Å². The Hall–Kier alpha value is -1.92. The monoisotopic (exact) mass is 366 g/mol. The number of amides is 1. The molecule has 1 aliphatic heterocycles. The quantitative estimate of drug-likeness (QED) is 0.905. The molecule has 1 aromatic carbocycles.